The summed E-state index contributed by atoms with van der Waals surface area (Å²) >= 11 is 0. The molecule has 2 aliphatic heterocycles. The minimum Gasteiger partial charge on any atom is -0.486 e. The maximum absolute atomic E-state index is 13.7. The van der Waals surface area contributed by atoms with Gasteiger partial charge in [-0.2, -0.15) is 4.31 Å². The number of hydrogen-bond donors (Lipinski definition) is 2. The van der Waals surface area contributed by atoms with Crippen molar-refractivity contribution in [1.82, 2.24) is 4.31 Å². The number of benzene rings is 3. The molecule has 2 N–H and O–H groups in total. The molecule has 0 aliphatic carbocycles. The van der Waals surface area contributed by atoms with Crippen molar-refractivity contribution in [1.29, 1.82) is 0 Å². The van der Waals surface area contributed by atoms with Crippen LogP contribution >= 0.6 is 0 Å². The van der Waals surface area contributed by atoms with E-state index >= 15 is 0 Å². The van der Waals surface area contributed by atoms with Crippen LogP contribution in [-0.2, 0) is 19.6 Å². The van der Waals surface area contributed by atoms with Crippen molar-refractivity contribution in [2.75, 3.05) is 50.7 Å². The van der Waals surface area contributed by atoms with Crippen molar-refractivity contribution in [2.45, 2.75) is 36.6 Å². The maximum atomic E-state index is 13.7. The summed E-state index contributed by atoms with van der Waals surface area (Å²) in [6.45, 7) is 2.23. The number of carbonyl (C=O) groups excluding carboxylic acids is 2. The van der Waals surface area contributed by atoms with Gasteiger partial charge in [0.05, 0.1) is 4.90 Å². The third kappa shape index (κ3) is 5.63. The Bertz CT molecular complexity index is 1510. The Balaban J connectivity index is 1.42. The van der Waals surface area contributed by atoms with Crippen LogP contribution < -0.4 is 20.1 Å². The van der Waals surface area contributed by atoms with Gasteiger partial charge in [0.2, 0.25) is 15.9 Å². The Morgan fingerprint density at radius 3 is 2.67 bits per heavy atom. The molecule has 5 rings (SSSR count). The molecule has 1 saturated heterocycles. The van der Waals surface area contributed by atoms with Crippen LogP contribution in [0.4, 0.5) is 11.4 Å². The smallest absolute Gasteiger partial charge is 0.243 e. The standard InChI is InChI=1S/C29H33N3O7S/c1-37-15-5-13-30-24-11-10-23(22-7-4-6-20(19-33)28(22)24)31-29(34)25-8-2-3-14-32(25)40(35,36)21-9-12-26-27(18-21)39-17-16-38-26/h4,6-7,9-12,18-19,25,30H,2-3,5,8,13-17H2,1H3,(H,31,34). The van der Waals surface area contributed by atoms with Crippen LogP contribution in [-0.4, -0.2) is 71.0 Å². The fourth-order valence-electron chi connectivity index (χ4n) is 5.22. The van der Waals surface area contributed by atoms with E-state index in [0.717, 1.165) is 24.8 Å². The van der Waals surface area contributed by atoms with Gasteiger partial charge in [0.15, 0.2) is 17.8 Å². The Morgan fingerprint density at radius 2 is 1.88 bits per heavy atom. The number of sulfonamides is 1. The summed E-state index contributed by atoms with van der Waals surface area (Å²) in [6, 6.07) is 12.6. The van der Waals surface area contributed by atoms with Crippen LogP contribution in [0, 0.1) is 0 Å². The highest BCUT2D eigenvalue weighted by atomic mass is 32.2. The second-order valence-corrected chi connectivity index (χ2v) is 11.6. The van der Waals surface area contributed by atoms with Crippen LogP contribution in [0.3, 0.4) is 0 Å². The van der Waals surface area contributed by atoms with E-state index in [2.05, 4.69) is 10.6 Å². The van der Waals surface area contributed by atoms with Gasteiger partial charge in [-0.3, -0.25) is 9.59 Å². The van der Waals surface area contributed by atoms with Crippen molar-refractivity contribution >= 4 is 44.4 Å². The number of aldehydes is 1. The number of ether oxygens (including phenoxy) is 3. The van der Waals surface area contributed by atoms with Gasteiger partial charge >= 0.3 is 0 Å². The molecule has 1 unspecified atom stereocenters. The Morgan fingerprint density at radius 1 is 1.07 bits per heavy atom. The predicted molar refractivity (Wildman–Crippen MR) is 152 cm³/mol. The van der Waals surface area contributed by atoms with Gasteiger partial charge in [0.25, 0.3) is 0 Å². The van der Waals surface area contributed by atoms with Gasteiger partial charge in [-0.05, 0) is 43.5 Å². The zero-order valence-corrected chi connectivity index (χ0v) is 23.2. The summed E-state index contributed by atoms with van der Waals surface area (Å²) in [4.78, 5) is 25.6. The van der Waals surface area contributed by atoms with Gasteiger partial charge in [0, 0.05) is 60.6 Å². The molecule has 11 heteroatoms. The molecule has 3 aromatic rings. The molecule has 0 saturated carbocycles. The number of hydrogen-bond acceptors (Lipinski definition) is 8. The molecule has 0 aromatic heterocycles. The molecular formula is C29H33N3O7S. The fourth-order valence-corrected chi connectivity index (χ4v) is 6.89. The maximum Gasteiger partial charge on any atom is 0.243 e. The summed E-state index contributed by atoms with van der Waals surface area (Å²) in [7, 11) is -2.34. The normalized spacial score (nSPS) is 17.4. The summed E-state index contributed by atoms with van der Waals surface area (Å²) in [5, 5.41) is 7.69. The van der Waals surface area contributed by atoms with Crippen molar-refractivity contribution < 1.29 is 32.2 Å². The molecule has 1 fully saturated rings. The van der Waals surface area contributed by atoms with Crippen molar-refractivity contribution in [2.24, 2.45) is 0 Å². The van der Waals surface area contributed by atoms with Gasteiger partial charge in [-0.15, -0.1) is 0 Å². The largest absolute Gasteiger partial charge is 0.486 e. The number of fused-ring (bicyclic) bond motifs is 2. The average molecular weight is 568 g/mol. The first kappa shape index (κ1) is 27.9. The minimum absolute atomic E-state index is 0.0569. The average Bonchev–Trinajstić information content (AvgIpc) is 2.99. The van der Waals surface area contributed by atoms with Crippen LogP contribution in [0.5, 0.6) is 11.5 Å². The number of piperidine rings is 1. The van der Waals surface area contributed by atoms with Gasteiger partial charge in [-0.25, -0.2) is 8.42 Å². The Labute approximate surface area is 233 Å². The predicted octanol–water partition coefficient (Wildman–Crippen LogP) is 4.05. The summed E-state index contributed by atoms with van der Waals surface area (Å²) in [5.74, 6) is 0.453. The van der Waals surface area contributed by atoms with Gasteiger partial charge in [0.1, 0.15) is 19.3 Å². The highest BCUT2D eigenvalue weighted by Crippen LogP contribution is 2.36. The van der Waals surface area contributed by atoms with Crippen molar-refractivity contribution in [3.05, 3.63) is 54.1 Å². The third-order valence-corrected chi connectivity index (χ3v) is 9.08. The molecule has 2 heterocycles. The third-order valence-electron chi connectivity index (χ3n) is 7.17. The van der Waals surface area contributed by atoms with E-state index in [9.17, 15) is 18.0 Å². The molecule has 0 spiro atoms. The lowest BCUT2D eigenvalue weighted by atomic mass is 10.0. The summed E-state index contributed by atoms with van der Waals surface area (Å²) in [6.07, 6.45) is 3.35. The molecule has 2 aliphatic rings. The SMILES string of the molecule is COCCCNc1ccc(NC(=O)C2CCCCN2S(=O)(=O)c2ccc3c(c2)OCCO3)c2cccc(C=O)c12. The lowest BCUT2D eigenvalue weighted by molar-refractivity contribution is -0.120. The number of rotatable bonds is 10. The molecular weight excluding hydrogens is 534 g/mol. The molecule has 10 nitrogen and oxygen atoms in total. The van der Waals surface area contributed by atoms with Crippen molar-refractivity contribution in [3.63, 3.8) is 0 Å². The van der Waals surface area contributed by atoms with E-state index in [4.69, 9.17) is 14.2 Å². The Hall–Kier alpha value is -3.67. The molecule has 0 radical (unpaired) electrons. The van der Waals surface area contributed by atoms with Gasteiger partial charge in [-0.1, -0.05) is 24.6 Å². The summed E-state index contributed by atoms with van der Waals surface area (Å²) < 4.78 is 44.9. The van der Waals surface area contributed by atoms with E-state index in [0.29, 0.717) is 72.7 Å². The number of anilines is 2. The second-order valence-electron chi connectivity index (χ2n) is 9.74. The summed E-state index contributed by atoms with van der Waals surface area (Å²) in [5.41, 5.74) is 1.77. The number of carbonyl (C=O) groups is 2. The van der Waals surface area contributed by atoms with Gasteiger partial charge < -0.3 is 24.8 Å². The van der Waals surface area contributed by atoms with E-state index < -0.39 is 22.0 Å². The monoisotopic (exact) mass is 567 g/mol. The molecule has 1 atom stereocenters. The van der Waals surface area contributed by atoms with Crippen LogP contribution in [0.1, 0.15) is 36.0 Å². The first-order valence-electron chi connectivity index (χ1n) is 13.4. The molecule has 40 heavy (non-hydrogen) atoms. The lowest BCUT2D eigenvalue weighted by Gasteiger charge is -2.34. The topological polar surface area (TPSA) is 123 Å². The molecule has 1 amide bonds. The lowest BCUT2D eigenvalue weighted by Crippen LogP contribution is -2.49. The highest BCUT2D eigenvalue weighted by Gasteiger charge is 2.38. The van der Waals surface area contributed by atoms with Crippen LogP contribution in [0.25, 0.3) is 10.8 Å². The first-order chi connectivity index (χ1) is 19.4. The van der Waals surface area contributed by atoms with Crippen LogP contribution in [0.15, 0.2) is 53.4 Å². The van der Waals surface area contributed by atoms with E-state index in [1.807, 2.05) is 12.1 Å². The molecule has 212 valence electrons. The zero-order valence-electron chi connectivity index (χ0n) is 22.4. The minimum atomic E-state index is -3.99. The van der Waals surface area contributed by atoms with E-state index in [-0.39, 0.29) is 11.4 Å². The number of nitrogens with zero attached hydrogens (tertiary/aromatic N) is 1. The zero-order chi connectivity index (χ0) is 28.1. The first-order valence-corrected chi connectivity index (χ1v) is 14.8. The quantitative estimate of drug-likeness (QED) is 0.278. The Kier molecular flexibility index (Phi) is 8.53. The van der Waals surface area contributed by atoms with E-state index in [1.165, 1.54) is 16.4 Å². The van der Waals surface area contributed by atoms with Crippen molar-refractivity contribution in [3.8, 4) is 11.5 Å². The molecule has 3 aromatic carbocycles. The highest BCUT2D eigenvalue weighted by molar-refractivity contribution is 7.89. The number of methoxy groups -OCH3 is 1. The number of nitrogens with one attached hydrogen (secondary N) is 2. The second kappa shape index (κ2) is 12.2. The number of amides is 1. The van der Waals surface area contributed by atoms with Crippen LogP contribution in [0.2, 0.25) is 0 Å². The van der Waals surface area contributed by atoms with E-state index in [1.54, 1.807) is 31.4 Å². The fraction of sp³-hybridized carbons (Fsp3) is 0.379. The molecule has 0 bridgehead atoms.